The van der Waals surface area contributed by atoms with Gasteiger partial charge in [0, 0.05) is 25.3 Å². The lowest BCUT2D eigenvalue weighted by Gasteiger charge is -2.36. The van der Waals surface area contributed by atoms with Gasteiger partial charge >= 0.3 is 0 Å². The van der Waals surface area contributed by atoms with Crippen molar-refractivity contribution >= 4 is 11.7 Å². The minimum Gasteiger partial charge on any atom is -0.493 e. The van der Waals surface area contributed by atoms with Crippen molar-refractivity contribution in [2.24, 2.45) is 11.8 Å². The third-order valence-electron chi connectivity index (χ3n) is 8.50. The summed E-state index contributed by atoms with van der Waals surface area (Å²) in [6.45, 7) is 4.99. The average molecular weight is 528 g/mol. The molecule has 1 heterocycles. The summed E-state index contributed by atoms with van der Waals surface area (Å²) in [5.41, 5.74) is 2.36. The Morgan fingerprint density at radius 1 is 1.08 bits per heavy atom. The predicted molar refractivity (Wildman–Crippen MR) is 152 cm³/mol. The Bertz CT molecular complexity index is 942. The molecular weight excluding hydrogens is 478 g/mol. The Hall–Kier alpha value is -2.34. The molecule has 3 rings (SSSR count). The monoisotopic (exact) mass is 527 g/mol. The number of aliphatic hydroxyl groups is 1. The van der Waals surface area contributed by atoms with E-state index >= 15 is 0 Å². The van der Waals surface area contributed by atoms with E-state index in [1.807, 2.05) is 23.1 Å². The largest absolute Gasteiger partial charge is 0.493 e. The van der Waals surface area contributed by atoms with Crippen LogP contribution in [0.3, 0.4) is 0 Å². The number of ether oxygens (including phenoxy) is 2. The fourth-order valence-electron chi connectivity index (χ4n) is 6.13. The fraction of sp³-hybridized carbons (Fsp3) is 0.688. The molecule has 1 aliphatic carbocycles. The first kappa shape index (κ1) is 30.2. The average Bonchev–Trinajstić information content (AvgIpc) is 3.27. The van der Waals surface area contributed by atoms with E-state index in [-0.39, 0.29) is 23.8 Å². The Morgan fingerprint density at radius 3 is 2.55 bits per heavy atom. The van der Waals surface area contributed by atoms with E-state index in [1.54, 1.807) is 14.2 Å². The zero-order chi connectivity index (χ0) is 27.5. The van der Waals surface area contributed by atoms with E-state index in [1.165, 1.54) is 5.56 Å². The summed E-state index contributed by atoms with van der Waals surface area (Å²) in [5, 5.41) is 10.2. The van der Waals surface area contributed by atoms with E-state index < -0.39 is 6.10 Å². The van der Waals surface area contributed by atoms with Crippen molar-refractivity contribution in [1.82, 2.24) is 4.90 Å². The summed E-state index contributed by atoms with van der Waals surface area (Å²) in [6.07, 6.45) is 15.6. The number of carbonyl (C=O) groups is 2. The zero-order valence-corrected chi connectivity index (χ0v) is 24.0. The normalized spacial score (nSPS) is 22.1. The van der Waals surface area contributed by atoms with Gasteiger partial charge in [-0.3, -0.25) is 9.59 Å². The lowest BCUT2D eigenvalue weighted by Crippen LogP contribution is -2.38. The molecule has 6 nitrogen and oxygen atoms in total. The van der Waals surface area contributed by atoms with Gasteiger partial charge in [-0.2, -0.15) is 0 Å². The van der Waals surface area contributed by atoms with Crippen molar-refractivity contribution in [3.63, 3.8) is 0 Å². The molecule has 1 aliphatic heterocycles. The van der Waals surface area contributed by atoms with Crippen molar-refractivity contribution < 1.29 is 24.2 Å². The maximum atomic E-state index is 13.0. The first-order valence-corrected chi connectivity index (χ1v) is 14.8. The summed E-state index contributed by atoms with van der Waals surface area (Å²) in [7, 11) is 3.29. The van der Waals surface area contributed by atoms with Gasteiger partial charge in [-0.15, -0.1) is 0 Å². The van der Waals surface area contributed by atoms with Crippen LogP contribution < -0.4 is 9.47 Å². The lowest BCUT2D eigenvalue weighted by atomic mass is 9.89. The van der Waals surface area contributed by atoms with Crippen LogP contribution in [0.15, 0.2) is 24.3 Å². The molecule has 0 unspecified atom stereocenters. The van der Waals surface area contributed by atoms with Crippen LogP contribution in [0.4, 0.5) is 0 Å². The smallest absolute Gasteiger partial charge is 0.223 e. The first-order chi connectivity index (χ1) is 18.4. The zero-order valence-electron chi connectivity index (χ0n) is 24.0. The van der Waals surface area contributed by atoms with Crippen LogP contribution in [-0.2, 0) is 16.0 Å². The van der Waals surface area contributed by atoms with Crippen molar-refractivity contribution in [2.45, 2.75) is 109 Å². The van der Waals surface area contributed by atoms with Crippen LogP contribution in [0.2, 0.25) is 0 Å². The molecule has 0 radical (unpaired) electrons. The predicted octanol–water partition coefficient (Wildman–Crippen LogP) is 6.58. The summed E-state index contributed by atoms with van der Waals surface area (Å²) < 4.78 is 10.9. The molecule has 4 atom stereocenters. The standard InChI is InChI=1S/C32H49NO5/c1-5-6-9-12-26(34)17-15-24-16-18-29(35)27(24)13-10-7-8-11-14-32(36)33-20-19-25-21-30(37-3)31(38-4)22-28(25)23(33)2/h15,17,21-24,26-27,34H,5-14,16,18-20H2,1-4H3/t23-,24+,26-,27+/m0/s1. The second-order valence-corrected chi connectivity index (χ2v) is 11.1. The number of aliphatic hydroxyl groups excluding tert-OH is 1. The third-order valence-corrected chi connectivity index (χ3v) is 8.50. The number of Topliss-reactive ketones (excluding diaryl/α,β-unsaturated/α-hetero) is 1. The molecule has 0 spiro atoms. The Balaban J connectivity index is 1.38. The van der Waals surface area contributed by atoms with Gasteiger partial charge < -0.3 is 19.5 Å². The van der Waals surface area contributed by atoms with Crippen molar-refractivity contribution in [3.8, 4) is 11.5 Å². The molecule has 1 saturated carbocycles. The van der Waals surface area contributed by atoms with Gasteiger partial charge in [0.15, 0.2) is 11.5 Å². The summed E-state index contributed by atoms with van der Waals surface area (Å²) in [4.78, 5) is 27.5. The second kappa shape index (κ2) is 15.3. The van der Waals surface area contributed by atoms with Gasteiger partial charge in [0.05, 0.1) is 26.4 Å². The SMILES string of the molecule is CCCCC[C@H](O)C=C[C@@H]1CCC(=O)[C@@H]1CCCCCCC(=O)N1CCc2cc(OC)c(OC)cc2[C@@H]1C. The number of nitrogens with zero attached hydrogens (tertiary/aromatic N) is 1. The maximum Gasteiger partial charge on any atom is 0.223 e. The van der Waals surface area contributed by atoms with Crippen LogP contribution in [0.25, 0.3) is 0 Å². The maximum absolute atomic E-state index is 13.0. The molecule has 1 N–H and O–H groups in total. The highest BCUT2D eigenvalue weighted by Gasteiger charge is 2.32. The summed E-state index contributed by atoms with van der Waals surface area (Å²) in [5.74, 6) is 2.40. The fourth-order valence-corrected chi connectivity index (χ4v) is 6.13. The van der Waals surface area contributed by atoms with Gasteiger partial charge in [-0.1, -0.05) is 57.6 Å². The molecule has 0 bridgehead atoms. The van der Waals surface area contributed by atoms with Crippen molar-refractivity contribution in [1.29, 1.82) is 0 Å². The topological polar surface area (TPSA) is 76.1 Å². The summed E-state index contributed by atoms with van der Waals surface area (Å²) >= 11 is 0. The van der Waals surface area contributed by atoms with Crippen LogP contribution in [0.1, 0.15) is 108 Å². The number of allylic oxidation sites excluding steroid dienone is 1. The summed E-state index contributed by atoms with van der Waals surface area (Å²) in [6, 6.07) is 4.07. The van der Waals surface area contributed by atoms with Gasteiger partial charge in [-0.25, -0.2) is 0 Å². The number of hydrogen-bond acceptors (Lipinski definition) is 5. The quantitative estimate of drug-likeness (QED) is 0.206. The Kier molecular flexibility index (Phi) is 12.2. The molecule has 1 amide bonds. The molecule has 1 aromatic rings. The number of fused-ring (bicyclic) bond motifs is 1. The van der Waals surface area contributed by atoms with Crippen LogP contribution in [0, 0.1) is 11.8 Å². The number of carbonyl (C=O) groups excluding carboxylic acids is 2. The number of amides is 1. The number of rotatable bonds is 15. The van der Waals surface area contributed by atoms with E-state index in [0.29, 0.717) is 24.4 Å². The van der Waals surface area contributed by atoms with Gasteiger partial charge in [0.1, 0.15) is 5.78 Å². The molecule has 1 fully saturated rings. The Labute approximate surface area is 229 Å². The number of hydrogen-bond donors (Lipinski definition) is 1. The second-order valence-electron chi connectivity index (χ2n) is 11.1. The number of methoxy groups -OCH3 is 2. The molecule has 2 aliphatic rings. The molecular formula is C32H49NO5. The molecule has 0 saturated heterocycles. The Morgan fingerprint density at radius 2 is 1.82 bits per heavy atom. The molecule has 6 heteroatoms. The lowest BCUT2D eigenvalue weighted by molar-refractivity contribution is -0.133. The highest BCUT2D eigenvalue weighted by atomic mass is 16.5. The van der Waals surface area contributed by atoms with E-state index in [4.69, 9.17) is 9.47 Å². The van der Waals surface area contributed by atoms with Crippen LogP contribution in [0.5, 0.6) is 11.5 Å². The van der Waals surface area contributed by atoms with E-state index in [9.17, 15) is 14.7 Å². The van der Waals surface area contributed by atoms with Gasteiger partial charge in [0.25, 0.3) is 0 Å². The van der Waals surface area contributed by atoms with E-state index in [2.05, 4.69) is 19.9 Å². The van der Waals surface area contributed by atoms with E-state index in [0.717, 1.165) is 88.5 Å². The molecule has 1 aromatic carbocycles. The van der Waals surface area contributed by atoms with Crippen LogP contribution >= 0.6 is 0 Å². The highest BCUT2D eigenvalue weighted by molar-refractivity contribution is 5.83. The molecule has 212 valence electrons. The molecule has 0 aromatic heterocycles. The molecule has 38 heavy (non-hydrogen) atoms. The van der Waals surface area contributed by atoms with Gasteiger partial charge in [0.2, 0.25) is 5.91 Å². The highest BCUT2D eigenvalue weighted by Crippen LogP contribution is 2.38. The van der Waals surface area contributed by atoms with Gasteiger partial charge in [-0.05, 0) is 68.2 Å². The number of unbranched alkanes of at least 4 members (excludes halogenated alkanes) is 5. The number of ketones is 1. The first-order valence-electron chi connectivity index (χ1n) is 14.8. The van der Waals surface area contributed by atoms with Crippen molar-refractivity contribution in [3.05, 3.63) is 35.4 Å². The van der Waals surface area contributed by atoms with Crippen molar-refractivity contribution in [2.75, 3.05) is 20.8 Å². The minimum absolute atomic E-state index is 0.0228. The van der Waals surface area contributed by atoms with Crippen LogP contribution in [-0.4, -0.2) is 48.6 Å². The third kappa shape index (κ3) is 8.08. The number of benzene rings is 1. The minimum atomic E-state index is -0.392.